The molecule has 0 unspecified atom stereocenters. The molecule has 0 aromatic heterocycles. The maximum Gasteiger partial charge on any atom is 0.251 e. The van der Waals surface area contributed by atoms with Crippen LogP contribution in [0.2, 0.25) is 0 Å². The van der Waals surface area contributed by atoms with E-state index in [-0.39, 0.29) is 5.91 Å². The van der Waals surface area contributed by atoms with Crippen molar-refractivity contribution in [3.8, 4) is 0 Å². The minimum atomic E-state index is -0.0348. The fraction of sp³-hybridized carbons (Fsp3) is 0.235. The first-order valence-corrected chi connectivity index (χ1v) is 7.79. The molecule has 1 amide bonds. The summed E-state index contributed by atoms with van der Waals surface area (Å²) in [6.45, 7) is 4.36. The summed E-state index contributed by atoms with van der Waals surface area (Å²) in [6.07, 6.45) is 0. The van der Waals surface area contributed by atoms with Crippen molar-refractivity contribution in [3.63, 3.8) is 0 Å². The van der Waals surface area contributed by atoms with Crippen LogP contribution < -0.4 is 10.6 Å². The molecule has 4 heteroatoms. The summed E-state index contributed by atoms with van der Waals surface area (Å²) in [5.74, 6) is -0.0348. The Hall–Kier alpha value is -1.65. The van der Waals surface area contributed by atoms with Crippen molar-refractivity contribution in [3.05, 3.63) is 68.7 Å². The van der Waals surface area contributed by atoms with E-state index < -0.39 is 0 Å². The number of rotatable bonds is 3. The summed E-state index contributed by atoms with van der Waals surface area (Å²) in [6, 6.07) is 12.1. The van der Waals surface area contributed by atoms with E-state index in [4.69, 9.17) is 0 Å². The SMILES string of the molecule is Cc1c(Br)cccc1C(=O)NCc1ccc2c(c1)CNC2. The Morgan fingerprint density at radius 3 is 2.90 bits per heavy atom. The number of carbonyl (C=O) groups is 1. The summed E-state index contributed by atoms with van der Waals surface area (Å²) < 4.78 is 0.957. The highest BCUT2D eigenvalue weighted by molar-refractivity contribution is 9.10. The molecule has 108 valence electrons. The van der Waals surface area contributed by atoms with E-state index in [2.05, 4.69) is 44.8 Å². The lowest BCUT2D eigenvalue weighted by Gasteiger charge is -2.10. The zero-order valence-corrected chi connectivity index (χ0v) is 13.5. The van der Waals surface area contributed by atoms with Gasteiger partial charge in [-0.1, -0.05) is 40.2 Å². The van der Waals surface area contributed by atoms with Gasteiger partial charge in [-0.3, -0.25) is 4.79 Å². The molecule has 3 rings (SSSR count). The van der Waals surface area contributed by atoms with Crippen LogP contribution in [0, 0.1) is 6.92 Å². The van der Waals surface area contributed by atoms with Crippen LogP contribution in [0.3, 0.4) is 0 Å². The maximum atomic E-state index is 12.3. The van der Waals surface area contributed by atoms with Gasteiger partial charge in [0.2, 0.25) is 0 Å². The van der Waals surface area contributed by atoms with Gasteiger partial charge in [-0.15, -0.1) is 0 Å². The third kappa shape index (κ3) is 3.01. The van der Waals surface area contributed by atoms with Crippen LogP contribution in [-0.4, -0.2) is 5.91 Å². The van der Waals surface area contributed by atoms with E-state index >= 15 is 0 Å². The molecule has 0 fully saturated rings. The lowest BCUT2D eigenvalue weighted by atomic mass is 10.1. The first-order valence-electron chi connectivity index (χ1n) is 7.00. The largest absolute Gasteiger partial charge is 0.348 e. The zero-order valence-electron chi connectivity index (χ0n) is 11.9. The normalized spacial score (nSPS) is 13.0. The van der Waals surface area contributed by atoms with Gasteiger partial charge in [0.1, 0.15) is 0 Å². The van der Waals surface area contributed by atoms with Crippen LogP contribution in [0.25, 0.3) is 0 Å². The number of hydrogen-bond donors (Lipinski definition) is 2. The number of benzene rings is 2. The zero-order chi connectivity index (χ0) is 14.8. The molecular weight excluding hydrogens is 328 g/mol. The highest BCUT2D eigenvalue weighted by Crippen LogP contribution is 2.20. The van der Waals surface area contributed by atoms with Crippen molar-refractivity contribution in [1.82, 2.24) is 10.6 Å². The monoisotopic (exact) mass is 344 g/mol. The van der Waals surface area contributed by atoms with Crippen molar-refractivity contribution in [2.24, 2.45) is 0 Å². The predicted octanol–water partition coefficient (Wildman–Crippen LogP) is 3.29. The number of hydrogen-bond acceptors (Lipinski definition) is 2. The summed E-state index contributed by atoms with van der Waals surface area (Å²) in [7, 11) is 0. The Morgan fingerprint density at radius 2 is 2.05 bits per heavy atom. The smallest absolute Gasteiger partial charge is 0.251 e. The number of amides is 1. The van der Waals surface area contributed by atoms with Crippen molar-refractivity contribution in [2.45, 2.75) is 26.6 Å². The van der Waals surface area contributed by atoms with E-state index in [9.17, 15) is 4.79 Å². The van der Waals surface area contributed by atoms with Gasteiger partial charge in [-0.25, -0.2) is 0 Å². The van der Waals surface area contributed by atoms with Crippen LogP contribution in [0.1, 0.15) is 32.6 Å². The number of carbonyl (C=O) groups excluding carboxylic acids is 1. The summed E-state index contributed by atoms with van der Waals surface area (Å²) in [5, 5.41) is 6.32. The highest BCUT2D eigenvalue weighted by Gasteiger charge is 2.12. The molecule has 2 N–H and O–H groups in total. The molecule has 1 aliphatic rings. The quantitative estimate of drug-likeness (QED) is 0.896. The van der Waals surface area contributed by atoms with E-state index in [1.807, 2.05) is 25.1 Å². The molecule has 0 saturated heterocycles. The first-order chi connectivity index (χ1) is 10.1. The minimum Gasteiger partial charge on any atom is -0.348 e. The molecule has 0 radical (unpaired) electrons. The molecule has 0 spiro atoms. The Labute approximate surface area is 132 Å². The van der Waals surface area contributed by atoms with Gasteiger partial charge < -0.3 is 10.6 Å². The third-order valence-corrected chi connectivity index (χ3v) is 4.73. The Morgan fingerprint density at radius 1 is 1.24 bits per heavy atom. The van der Waals surface area contributed by atoms with Crippen molar-refractivity contribution in [2.75, 3.05) is 0 Å². The average Bonchev–Trinajstić information content (AvgIpc) is 2.95. The van der Waals surface area contributed by atoms with Gasteiger partial charge in [0.15, 0.2) is 0 Å². The van der Waals surface area contributed by atoms with Gasteiger partial charge in [0, 0.05) is 29.7 Å². The number of nitrogens with one attached hydrogen (secondary N) is 2. The highest BCUT2D eigenvalue weighted by atomic mass is 79.9. The fourth-order valence-electron chi connectivity index (χ4n) is 2.59. The molecular formula is C17H17BrN2O. The van der Waals surface area contributed by atoms with Gasteiger partial charge in [-0.05, 0) is 41.3 Å². The van der Waals surface area contributed by atoms with Crippen molar-refractivity contribution >= 4 is 21.8 Å². The van der Waals surface area contributed by atoms with Gasteiger partial charge >= 0.3 is 0 Å². The van der Waals surface area contributed by atoms with Crippen LogP contribution in [0.5, 0.6) is 0 Å². The molecule has 21 heavy (non-hydrogen) atoms. The molecule has 0 atom stereocenters. The second-order valence-electron chi connectivity index (χ2n) is 5.30. The van der Waals surface area contributed by atoms with E-state index in [1.165, 1.54) is 11.1 Å². The van der Waals surface area contributed by atoms with E-state index in [1.54, 1.807) is 0 Å². The minimum absolute atomic E-state index is 0.0348. The Kier molecular flexibility index (Phi) is 4.08. The molecule has 0 bridgehead atoms. The van der Waals surface area contributed by atoms with E-state index in [0.717, 1.165) is 28.7 Å². The molecule has 1 heterocycles. The number of fused-ring (bicyclic) bond motifs is 1. The standard InChI is InChI=1S/C17H17BrN2O/c1-11-15(3-2-4-16(11)18)17(21)20-8-12-5-6-13-9-19-10-14(13)7-12/h2-7,19H,8-10H2,1H3,(H,20,21). The van der Waals surface area contributed by atoms with Crippen LogP contribution in [0.15, 0.2) is 40.9 Å². The summed E-state index contributed by atoms with van der Waals surface area (Å²) in [5.41, 5.74) is 5.51. The van der Waals surface area contributed by atoms with Gasteiger partial charge in [0.25, 0.3) is 5.91 Å². The maximum absolute atomic E-state index is 12.3. The van der Waals surface area contributed by atoms with Crippen molar-refractivity contribution < 1.29 is 4.79 Å². The number of halogens is 1. The topological polar surface area (TPSA) is 41.1 Å². The lowest BCUT2D eigenvalue weighted by Crippen LogP contribution is -2.23. The molecule has 2 aromatic carbocycles. The molecule has 0 aliphatic carbocycles. The molecule has 0 saturated carbocycles. The van der Waals surface area contributed by atoms with Gasteiger partial charge in [0.05, 0.1) is 0 Å². The first kappa shape index (κ1) is 14.3. The fourth-order valence-corrected chi connectivity index (χ4v) is 2.96. The van der Waals surface area contributed by atoms with Crippen LogP contribution in [-0.2, 0) is 19.6 Å². The Bertz CT molecular complexity index is 697. The summed E-state index contributed by atoms with van der Waals surface area (Å²) in [4.78, 5) is 12.3. The second kappa shape index (κ2) is 6.00. The molecule has 1 aliphatic heterocycles. The van der Waals surface area contributed by atoms with Crippen LogP contribution >= 0.6 is 15.9 Å². The van der Waals surface area contributed by atoms with Crippen LogP contribution in [0.4, 0.5) is 0 Å². The third-order valence-electron chi connectivity index (χ3n) is 3.87. The average molecular weight is 345 g/mol. The van der Waals surface area contributed by atoms with E-state index in [0.29, 0.717) is 12.1 Å². The van der Waals surface area contributed by atoms with Gasteiger partial charge in [-0.2, -0.15) is 0 Å². The molecule has 2 aromatic rings. The predicted molar refractivity (Wildman–Crippen MR) is 87.0 cm³/mol. The lowest BCUT2D eigenvalue weighted by molar-refractivity contribution is 0.0950. The molecule has 3 nitrogen and oxygen atoms in total. The van der Waals surface area contributed by atoms with Crippen molar-refractivity contribution in [1.29, 1.82) is 0 Å². The summed E-state index contributed by atoms with van der Waals surface area (Å²) >= 11 is 3.46. The second-order valence-corrected chi connectivity index (χ2v) is 6.16. The Balaban J connectivity index is 1.70.